The number of benzene rings is 1. The van der Waals surface area contributed by atoms with Gasteiger partial charge in [0.2, 0.25) is 0 Å². The molecule has 0 aromatic heterocycles. The molecule has 0 aliphatic heterocycles. The Bertz CT molecular complexity index is 472. The van der Waals surface area contributed by atoms with Crippen LogP contribution in [-0.4, -0.2) is 17.4 Å². The number of hydrogen-bond donors (Lipinski definition) is 1. The fraction of sp³-hybridized carbons (Fsp3) is 0.364. The van der Waals surface area contributed by atoms with Crippen LogP contribution >= 0.6 is 11.6 Å². The van der Waals surface area contributed by atoms with Crippen LogP contribution in [0.2, 0.25) is 5.02 Å². The smallest absolute Gasteiger partial charge is 0.282 e. The number of nitro groups is 1. The molecule has 1 fully saturated rings. The number of carbonyl (C=O) groups is 1. The molecule has 17 heavy (non-hydrogen) atoms. The van der Waals surface area contributed by atoms with Crippen LogP contribution in [0.15, 0.2) is 18.2 Å². The lowest BCUT2D eigenvalue weighted by Crippen LogP contribution is -2.26. The van der Waals surface area contributed by atoms with Crippen LogP contribution < -0.4 is 5.32 Å². The largest absolute Gasteiger partial charge is 0.352 e. The summed E-state index contributed by atoms with van der Waals surface area (Å²) in [7, 11) is 0. The van der Waals surface area contributed by atoms with Crippen LogP contribution in [-0.2, 0) is 0 Å². The number of carbonyl (C=O) groups excluding carboxylic acids is 1. The first-order valence-electron chi connectivity index (χ1n) is 5.30. The van der Waals surface area contributed by atoms with E-state index in [-0.39, 0.29) is 11.3 Å². The predicted molar refractivity (Wildman–Crippen MR) is 63.2 cm³/mol. The van der Waals surface area contributed by atoms with Gasteiger partial charge in [0.05, 0.1) is 4.92 Å². The molecule has 1 saturated carbocycles. The summed E-state index contributed by atoms with van der Waals surface area (Å²) in [5.74, 6) is 0.0864. The highest BCUT2D eigenvalue weighted by molar-refractivity contribution is 6.31. The van der Waals surface area contributed by atoms with Crippen LogP contribution in [0.4, 0.5) is 5.69 Å². The third-order valence-electron chi connectivity index (χ3n) is 2.65. The van der Waals surface area contributed by atoms with Crippen molar-refractivity contribution in [2.24, 2.45) is 5.92 Å². The van der Waals surface area contributed by atoms with Crippen LogP contribution in [0.3, 0.4) is 0 Å². The second-order valence-corrected chi connectivity index (χ2v) is 4.51. The molecular formula is C11H11ClN2O3. The predicted octanol–water partition coefficient (Wildman–Crippen LogP) is 2.39. The Balaban J connectivity index is 2.18. The van der Waals surface area contributed by atoms with E-state index in [1.807, 2.05) is 0 Å². The van der Waals surface area contributed by atoms with Gasteiger partial charge in [-0.1, -0.05) is 11.6 Å². The average Bonchev–Trinajstić information content (AvgIpc) is 3.09. The minimum Gasteiger partial charge on any atom is -0.352 e. The zero-order valence-electron chi connectivity index (χ0n) is 8.98. The zero-order chi connectivity index (χ0) is 12.4. The Morgan fingerprint density at radius 2 is 2.24 bits per heavy atom. The Morgan fingerprint density at radius 1 is 1.53 bits per heavy atom. The van der Waals surface area contributed by atoms with Crippen LogP contribution in [0.25, 0.3) is 0 Å². The van der Waals surface area contributed by atoms with Gasteiger partial charge in [-0.2, -0.15) is 0 Å². The van der Waals surface area contributed by atoms with E-state index in [0.29, 0.717) is 17.5 Å². The molecule has 90 valence electrons. The summed E-state index contributed by atoms with van der Waals surface area (Å²) in [4.78, 5) is 22.0. The van der Waals surface area contributed by atoms with Crippen molar-refractivity contribution in [1.29, 1.82) is 0 Å². The molecule has 0 atom stereocenters. The molecule has 0 spiro atoms. The lowest BCUT2D eigenvalue weighted by molar-refractivity contribution is -0.385. The topological polar surface area (TPSA) is 72.2 Å². The molecule has 1 amide bonds. The molecule has 5 nitrogen and oxygen atoms in total. The van der Waals surface area contributed by atoms with Crippen molar-refractivity contribution >= 4 is 23.2 Å². The van der Waals surface area contributed by atoms with Gasteiger partial charge in [0, 0.05) is 17.6 Å². The van der Waals surface area contributed by atoms with E-state index in [4.69, 9.17) is 11.6 Å². The fourth-order valence-corrected chi connectivity index (χ4v) is 1.68. The minimum atomic E-state index is -0.581. The van der Waals surface area contributed by atoms with Gasteiger partial charge in [-0.25, -0.2) is 0 Å². The zero-order valence-corrected chi connectivity index (χ0v) is 9.74. The SMILES string of the molecule is O=C(NCC1CC1)c1cc(Cl)ccc1[N+](=O)[O-]. The number of amides is 1. The van der Waals surface area contributed by atoms with E-state index in [2.05, 4.69) is 5.32 Å². The number of halogens is 1. The summed E-state index contributed by atoms with van der Waals surface area (Å²) in [5.41, 5.74) is -0.203. The summed E-state index contributed by atoms with van der Waals surface area (Å²) in [6, 6.07) is 3.97. The maximum atomic E-state index is 11.8. The Morgan fingerprint density at radius 3 is 2.82 bits per heavy atom. The Hall–Kier alpha value is -1.62. The number of hydrogen-bond acceptors (Lipinski definition) is 3. The maximum absolute atomic E-state index is 11.8. The molecule has 1 aromatic rings. The Labute approximate surface area is 103 Å². The van der Waals surface area contributed by atoms with E-state index >= 15 is 0 Å². The minimum absolute atomic E-state index is 0.0168. The second-order valence-electron chi connectivity index (χ2n) is 4.07. The number of rotatable bonds is 4. The van der Waals surface area contributed by atoms with Gasteiger partial charge in [-0.3, -0.25) is 14.9 Å². The van der Waals surface area contributed by atoms with Crippen LogP contribution in [0.5, 0.6) is 0 Å². The van der Waals surface area contributed by atoms with Gasteiger partial charge in [0.25, 0.3) is 11.6 Å². The van der Waals surface area contributed by atoms with Crippen LogP contribution in [0, 0.1) is 16.0 Å². The number of nitrogens with zero attached hydrogens (tertiary/aromatic N) is 1. The van der Waals surface area contributed by atoms with Crippen molar-refractivity contribution < 1.29 is 9.72 Å². The van der Waals surface area contributed by atoms with Crippen LogP contribution in [0.1, 0.15) is 23.2 Å². The molecule has 1 N–H and O–H groups in total. The average molecular weight is 255 g/mol. The van der Waals surface area contributed by atoms with E-state index in [1.54, 1.807) is 0 Å². The summed E-state index contributed by atoms with van der Waals surface area (Å²) in [6.07, 6.45) is 2.22. The lowest BCUT2D eigenvalue weighted by atomic mass is 10.1. The van der Waals surface area contributed by atoms with E-state index in [0.717, 1.165) is 12.8 Å². The normalized spacial score (nSPS) is 14.4. The molecule has 2 rings (SSSR count). The molecule has 0 saturated heterocycles. The molecule has 1 aliphatic rings. The first kappa shape index (κ1) is 11.9. The first-order valence-corrected chi connectivity index (χ1v) is 5.68. The van der Waals surface area contributed by atoms with Gasteiger partial charge in [-0.15, -0.1) is 0 Å². The van der Waals surface area contributed by atoms with Crippen molar-refractivity contribution in [3.63, 3.8) is 0 Å². The summed E-state index contributed by atoms with van der Waals surface area (Å²) >= 11 is 5.74. The highest BCUT2D eigenvalue weighted by Gasteiger charge is 2.24. The lowest BCUT2D eigenvalue weighted by Gasteiger charge is -2.05. The molecule has 0 heterocycles. The van der Waals surface area contributed by atoms with Crippen molar-refractivity contribution in [1.82, 2.24) is 5.32 Å². The molecule has 0 unspecified atom stereocenters. The summed E-state index contributed by atoms with van der Waals surface area (Å²) in [6.45, 7) is 0.572. The monoisotopic (exact) mass is 254 g/mol. The van der Waals surface area contributed by atoms with Gasteiger partial charge >= 0.3 is 0 Å². The third-order valence-corrected chi connectivity index (χ3v) is 2.88. The molecule has 1 aromatic carbocycles. The molecule has 0 radical (unpaired) electrons. The fourth-order valence-electron chi connectivity index (χ4n) is 1.50. The third kappa shape index (κ3) is 2.94. The quantitative estimate of drug-likeness (QED) is 0.662. The standard InChI is InChI=1S/C11H11ClN2O3/c12-8-3-4-10(14(16)17)9(5-8)11(15)13-6-7-1-2-7/h3-5,7H,1-2,6H2,(H,13,15). The van der Waals surface area contributed by atoms with Gasteiger partial charge in [0.15, 0.2) is 0 Å². The van der Waals surface area contributed by atoms with Crippen molar-refractivity contribution in [2.45, 2.75) is 12.8 Å². The van der Waals surface area contributed by atoms with Gasteiger partial charge < -0.3 is 5.32 Å². The number of nitrogens with one attached hydrogen (secondary N) is 1. The Kier molecular flexibility index (Phi) is 3.28. The highest BCUT2D eigenvalue weighted by Crippen LogP contribution is 2.28. The van der Waals surface area contributed by atoms with E-state index in [1.165, 1.54) is 18.2 Å². The summed E-state index contributed by atoms with van der Waals surface area (Å²) < 4.78 is 0. The highest BCUT2D eigenvalue weighted by atomic mass is 35.5. The maximum Gasteiger partial charge on any atom is 0.282 e. The molecule has 1 aliphatic carbocycles. The van der Waals surface area contributed by atoms with Crippen molar-refractivity contribution in [3.8, 4) is 0 Å². The van der Waals surface area contributed by atoms with Crippen molar-refractivity contribution in [3.05, 3.63) is 38.9 Å². The molecule has 6 heteroatoms. The first-order chi connectivity index (χ1) is 8.08. The van der Waals surface area contributed by atoms with Gasteiger partial charge in [0.1, 0.15) is 5.56 Å². The number of nitro benzene ring substituents is 1. The molecule has 0 bridgehead atoms. The molecular weight excluding hydrogens is 244 g/mol. The second kappa shape index (κ2) is 4.71. The summed E-state index contributed by atoms with van der Waals surface area (Å²) in [5, 5.41) is 13.8. The van der Waals surface area contributed by atoms with Gasteiger partial charge in [-0.05, 0) is 30.9 Å². The van der Waals surface area contributed by atoms with Crippen molar-refractivity contribution in [2.75, 3.05) is 6.54 Å². The van der Waals surface area contributed by atoms with E-state index < -0.39 is 10.8 Å². The van der Waals surface area contributed by atoms with E-state index in [9.17, 15) is 14.9 Å².